The van der Waals surface area contributed by atoms with Crippen molar-refractivity contribution < 1.29 is 15.0 Å². The fourth-order valence-electron chi connectivity index (χ4n) is 1.72. The topological polar surface area (TPSA) is 69.6 Å². The molecule has 3 N–H and O–H groups in total. The predicted molar refractivity (Wildman–Crippen MR) is 61.3 cm³/mol. The molecule has 3 unspecified atom stereocenters. The Morgan fingerprint density at radius 2 is 2.13 bits per heavy atom. The van der Waals surface area contributed by atoms with Gasteiger partial charge in [0, 0.05) is 0 Å². The first-order chi connectivity index (χ1) is 6.49. The van der Waals surface area contributed by atoms with Crippen molar-refractivity contribution in [2.75, 3.05) is 0 Å². The summed E-state index contributed by atoms with van der Waals surface area (Å²) in [5.74, 6) is -0.243. The number of hydrogen-bond acceptors (Lipinski definition) is 4. The van der Waals surface area contributed by atoms with E-state index in [9.17, 15) is 15.0 Å². The summed E-state index contributed by atoms with van der Waals surface area (Å²) >= 11 is 0. The van der Waals surface area contributed by atoms with E-state index in [4.69, 9.17) is 0 Å². The van der Waals surface area contributed by atoms with E-state index in [1.807, 2.05) is 13.8 Å². The first-order valence-electron chi connectivity index (χ1n) is 4.87. The Morgan fingerprint density at radius 1 is 1.60 bits per heavy atom. The molecule has 84 valence electrons. The number of ketones is 1. The van der Waals surface area contributed by atoms with Gasteiger partial charge in [-0.15, -0.1) is 0 Å². The van der Waals surface area contributed by atoms with Crippen LogP contribution in [-0.4, -0.2) is 65.9 Å². The van der Waals surface area contributed by atoms with E-state index in [1.54, 1.807) is 0 Å². The van der Waals surface area contributed by atoms with E-state index >= 15 is 0 Å². The number of carbonyl (C=O) groups excluding carboxylic acids is 1. The van der Waals surface area contributed by atoms with Gasteiger partial charge in [-0.25, -0.2) is 0 Å². The van der Waals surface area contributed by atoms with E-state index in [-0.39, 0.29) is 66.9 Å². The molecule has 4 nitrogen and oxygen atoms in total. The quantitative estimate of drug-likeness (QED) is 0.599. The fraction of sp³-hybridized carbons (Fsp3) is 0.700. The van der Waals surface area contributed by atoms with E-state index < -0.39 is 6.10 Å². The molecule has 3 atom stereocenters. The van der Waals surface area contributed by atoms with Gasteiger partial charge in [-0.1, -0.05) is 20.3 Å². The van der Waals surface area contributed by atoms with Gasteiger partial charge in [-0.2, -0.15) is 0 Å². The molecule has 0 fully saturated rings. The van der Waals surface area contributed by atoms with E-state index in [0.717, 1.165) is 6.42 Å². The van der Waals surface area contributed by atoms with Crippen LogP contribution in [0.5, 0.6) is 0 Å². The summed E-state index contributed by atoms with van der Waals surface area (Å²) in [6.07, 6.45) is -0.00449. The zero-order valence-corrected chi connectivity index (χ0v) is 8.74. The number of carbonyl (C=O) groups is 1. The van der Waals surface area contributed by atoms with Gasteiger partial charge in [0.05, 0.1) is 11.6 Å². The summed E-state index contributed by atoms with van der Waals surface area (Å²) in [5, 5.41) is 22.0. The standard InChI is InChI=1S/C10H17NO3.Ca.2H/c1-4-5(2)8-9(13)7(6(3)12)10(14)11-8;;;/h5,8-9,11,13-14H,4H2,1-3H3;;;. The molecule has 0 aromatic heterocycles. The molecule has 5 heteroatoms. The van der Waals surface area contributed by atoms with Crippen molar-refractivity contribution in [1.29, 1.82) is 0 Å². The maximum absolute atomic E-state index is 11.1. The van der Waals surface area contributed by atoms with Gasteiger partial charge in [0.2, 0.25) is 0 Å². The molecular formula is C10H19CaNO3. The van der Waals surface area contributed by atoms with Crippen LogP contribution in [0.1, 0.15) is 27.2 Å². The maximum atomic E-state index is 11.1. The van der Waals surface area contributed by atoms with Gasteiger partial charge in [0.25, 0.3) is 0 Å². The van der Waals surface area contributed by atoms with Crippen molar-refractivity contribution in [2.45, 2.75) is 39.3 Å². The number of aliphatic hydroxyl groups is 2. The Balaban J connectivity index is 0.00000196. The van der Waals surface area contributed by atoms with Crippen molar-refractivity contribution in [3.63, 3.8) is 0 Å². The number of rotatable bonds is 3. The van der Waals surface area contributed by atoms with Gasteiger partial charge in [-0.05, 0) is 12.8 Å². The van der Waals surface area contributed by atoms with Crippen LogP contribution >= 0.6 is 0 Å². The van der Waals surface area contributed by atoms with Crippen LogP contribution in [0.4, 0.5) is 0 Å². The SMILES string of the molecule is CCC(C)C1NC(O)=C(C(C)=O)C1O.[CaH2]. The molecule has 0 aliphatic carbocycles. The second-order valence-corrected chi connectivity index (χ2v) is 3.82. The number of aliphatic hydroxyl groups excluding tert-OH is 2. The first-order valence-corrected chi connectivity index (χ1v) is 4.87. The van der Waals surface area contributed by atoms with Crippen molar-refractivity contribution in [1.82, 2.24) is 5.32 Å². The van der Waals surface area contributed by atoms with Crippen LogP contribution in [0, 0.1) is 5.92 Å². The van der Waals surface area contributed by atoms with E-state index in [0.29, 0.717) is 0 Å². The Bertz CT molecular complexity index is 278. The third kappa shape index (κ3) is 3.09. The average Bonchev–Trinajstić information content (AvgIpc) is 2.40. The molecule has 1 aliphatic rings. The van der Waals surface area contributed by atoms with Crippen LogP contribution in [-0.2, 0) is 4.79 Å². The summed E-state index contributed by atoms with van der Waals surface area (Å²) in [5.41, 5.74) is 0.107. The van der Waals surface area contributed by atoms with Crippen molar-refractivity contribution in [3.8, 4) is 0 Å². The third-order valence-electron chi connectivity index (χ3n) is 2.83. The zero-order valence-electron chi connectivity index (χ0n) is 8.74. The molecule has 1 heterocycles. The normalized spacial score (nSPS) is 26.9. The molecule has 15 heavy (non-hydrogen) atoms. The number of hydrogen-bond donors (Lipinski definition) is 3. The van der Waals surface area contributed by atoms with E-state index in [1.165, 1.54) is 6.92 Å². The fourth-order valence-corrected chi connectivity index (χ4v) is 1.72. The van der Waals surface area contributed by atoms with Gasteiger partial charge < -0.3 is 15.5 Å². The molecular weight excluding hydrogens is 222 g/mol. The van der Waals surface area contributed by atoms with Crippen LogP contribution < -0.4 is 5.32 Å². The van der Waals surface area contributed by atoms with E-state index in [2.05, 4.69) is 5.32 Å². The molecule has 0 bridgehead atoms. The Labute approximate surface area is 120 Å². The molecule has 1 rings (SSSR count). The van der Waals surface area contributed by atoms with Crippen LogP contribution in [0.3, 0.4) is 0 Å². The van der Waals surface area contributed by atoms with Gasteiger partial charge in [0.15, 0.2) is 11.7 Å². The molecule has 0 saturated carbocycles. The summed E-state index contributed by atoms with van der Waals surface area (Å²) in [6, 6.07) is -0.251. The Morgan fingerprint density at radius 3 is 2.47 bits per heavy atom. The first kappa shape index (κ1) is 15.2. The number of nitrogens with one attached hydrogen (secondary N) is 1. The molecule has 0 amide bonds. The zero-order chi connectivity index (χ0) is 10.9. The minimum absolute atomic E-state index is 0. The second kappa shape index (κ2) is 6.09. The molecule has 0 aromatic carbocycles. The van der Waals surface area contributed by atoms with Gasteiger partial charge >= 0.3 is 37.7 Å². The van der Waals surface area contributed by atoms with Crippen molar-refractivity contribution >= 4 is 43.5 Å². The predicted octanol–water partition coefficient (Wildman–Crippen LogP) is -0.192. The second-order valence-electron chi connectivity index (χ2n) is 3.82. The van der Waals surface area contributed by atoms with Crippen LogP contribution in [0.2, 0.25) is 0 Å². The van der Waals surface area contributed by atoms with Crippen molar-refractivity contribution in [3.05, 3.63) is 11.5 Å². The third-order valence-corrected chi connectivity index (χ3v) is 2.83. The van der Waals surface area contributed by atoms with Crippen molar-refractivity contribution in [2.24, 2.45) is 5.92 Å². The summed E-state index contributed by atoms with van der Waals surface area (Å²) < 4.78 is 0. The van der Waals surface area contributed by atoms with Crippen LogP contribution in [0.15, 0.2) is 11.5 Å². The van der Waals surface area contributed by atoms with Crippen LogP contribution in [0.25, 0.3) is 0 Å². The summed E-state index contributed by atoms with van der Waals surface area (Å²) in [4.78, 5) is 11.1. The molecule has 0 saturated heterocycles. The van der Waals surface area contributed by atoms with Gasteiger partial charge in [0.1, 0.15) is 6.10 Å². The molecule has 0 radical (unpaired) electrons. The average molecular weight is 241 g/mol. The molecule has 0 aromatic rings. The Kier molecular flexibility index (Phi) is 6.18. The minimum atomic E-state index is -0.887. The monoisotopic (exact) mass is 241 g/mol. The van der Waals surface area contributed by atoms with Gasteiger partial charge in [-0.3, -0.25) is 4.79 Å². The number of Topliss-reactive ketones (excluding diaryl/α,β-unsaturated/α-hetero) is 1. The summed E-state index contributed by atoms with van der Waals surface area (Å²) in [6.45, 7) is 5.31. The molecule has 0 spiro atoms. The molecule has 1 aliphatic heterocycles. The summed E-state index contributed by atoms with van der Waals surface area (Å²) in [7, 11) is 0. The Hall–Kier alpha value is 0.230.